The number of hydrogen-bond acceptors (Lipinski definition) is 2. The van der Waals surface area contributed by atoms with E-state index in [0.29, 0.717) is 5.56 Å². The summed E-state index contributed by atoms with van der Waals surface area (Å²) in [4.78, 5) is 0. The second-order valence-electron chi connectivity index (χ2n) is 2.76. The molecule has 0 atom stereocenters. The molecule has 2 nitrogen and oxygen atoms in total. The summed E-state index contributed by atoms with van der Waals surface area (Å²) in [6, 6.07) is 6.23. The van der Waals surface area contributed by atoms with E-state index in [4.69, 9.17) is 11.5 Å². The Kier molecular flexibility index (Phi) is 1.93. The van der Waals surface area contributed by atoms with Crippen molar-refractivity contribution in [1.29, 1.82) is 0 Å². The van der Waals surface area contributed by atoms with Crippen LogP contribution in [0.25, 0.3) is 0 Å². The van der Waals surface area contributed by atoms with E-state index in [1.54, 1.807) is 25.1 Å². The van der Waals surface area contributed by atoms with Crippen molar-refractivity contribution in [3.05, 3.63) is 35.6 Å². The maximum Gasteiger partial charge on any atom is 0.129 e. The minimum absolute atomic E-state index is 0.333. The molecule has 0 heterocycles. The Morgan fingerprint density at radius 3 is 2.18 bits per heavy atom. The van der Waals surface area contributed by atoms with E-state index in [2.05, 4.69) is 0 Å². The van der Waals surface area contributed by atoms with Gasteiger partial charge in [-0.1, -0.05) is 18.2 Å². The highest BCUT2D eigenvalue weighted by Crippen LogP contribution is 2.14. The average Bonchev–Trinajstić information content (AvgIpc) is 1.86. The lowest BCUT2D eigenvalue weighted by atomic mass is 10.0. The van der Waals surface area contributed by atoms with Crippen molar-refractivity contribution < 1.29 is 4.39 Å². The Balaban J connectivity index is 3.14. The number of hydrogen-bond donors (Lipinski definition) is 2. The van der Waals surface area contributed by atoms with E-state index < -0.39 is 5.66 Å². The van der Waals surface area contributed by atoms with Crippen molar-refractivity contribution in [2.75, 3.05) is 0 Å². The number of halogens is 1. The SMILES string of the molecule is CC(N)(N)c1ccccc1F. The highest BCUT2D eigenvalue weighted by molar-refractivity contribution is 5.23. The van der Waals surface area contributed by atoms with Crippen molar-refractivity contribution in [2.24, 2.45) is 11.5 Å². The fraction of sp³-hybridized carbons (Fsp3) is 0.250. The molecule has 0 bridgehead atoms. The summed E-state index contributed by atoms with van der Waals surface area (Å²) in [5.74, 6) is -0.361. The average molecular weight is 154 g/mol. The Morgan fingerprint density at radius 1 is 1.27 bits per heavy atom. The van der Waals surface area contributed by atoms with Crippen LogP contribution in [-0.2, 0) is 5.66 Å². The summed E-state index contributed by atoms with van der Waals surface area (Å²) in [6.07, 6.45) is 0. The molecule has 0 saturated carbocycles. The fourth-order valence-corrected chi connectivity index (χ4v) is 0.898. The van der Waals surface area contributed by atoms with Crippen LogP contribution >= 0.6 is 0 Å². The maximum atomic E-state index is 12.9. The summed E-state index contributed by atoms with van der Waals surface area (Å²) in [7, 11) is 0. The second-order valence-corrected chi connectivity index (χ2v) is 2.76. The van der Waals surface area contributed by atoms with Gasteiger partial charge in [-0.15, -0.1) is 0 Å². The van der Waals surface area contributed by atoms with Crippen LogP contribution in [0.15, 0.2) is 24.3 Å². The highest BCUT2D eigenvalue weighted by atomic mass is 19.1. The number of rotatable bonds is 1. The number of benzene rings is 1. The zero-order valence-electron chi connectivity index (χ0n) is 6.34. The molecule has 11 heavy (non-hydrogen) atoms. The van der Waals surface area contributed by atoms with Crippen LogP contribution in [0.4, 0.5) is 4.39 Å². The van der Waals surface area contributed by atoms with Crippen LogP contribution in [-0.4, -0.2) is 0 Å². The van der Waals surface area contributed by atoms with Gasteiger partial charge < -0.3 is 11.5 Å². The third kappa shape index (κ3) is 1.76. The molecule has 0 amide bonds. The molecule has 0 aromatic heterocycles. The fourth-order valence-electron chi connectivity index (χ4n) is 0.898. The van der Waals surface area contributed by atoms with Gasteiger partial charge in [0.05, 0.1) is 5.66 Å². The van der Waals surface area contributed by atoms with Gasteiger partial charge in [0, 0.05) is 5.56 Å². The van der Waals surface area contributed by atoms with Gasteiger partial charge in [-0.25, -0.2) is 4.39 Å². The van der Waals surface area contributed by atoms with Crippen molar-refractivity contribution in [3.63, 3.8) is 0 Å². The summed E-state index contributed by atoms with van der Waals surface area (Å²) < 4.78 is 12.9. The Bertz CT molecular complexity index is 253. The van der Waals surface area contributed by atoms with Gasteiger partial charge in [-0.2, -0.15) is 0 Å². The lowest BCUT2D eigenvalue weighted by molar-refractivity contribution is 0.478. The smallest absolute Gasteiger partial charge is 0.129 e. The quantitative estimate of drug-likeness (QED) is 0.591. The molecule has 0 radical (unpaired) electrons. The summed E-state index contributed by atoms with van der Waals surface area (Å²) in [5.41, 5.74) is 10.2. The molecule has 1 aromatic carbocycles. The molecule has 0 spiro atoms. The molecular formula is C8H11FN2. The summed E-state index contributed by atoms with van der Waals surface area (Å²) in [5, 5.41) is 0. The van der Waals surface area contributed by atoms with E-state index in [1.807, 2.05) is 0 Å². The van der Waals surface area contributed by atoms with Gasteiger partial charge in [0.25, 0.3) is 0 Å². The van der Waals surface area contributed by atoms with Crippen LogP contribution in [0.5, 0.6) is 0 Å². The summed E-state index contributed by atoms with van der Waals surface area (Å²) >= 11 is 0. The third-order valence-corrected chi connectivity index (χ3v) is 1.45. The maximum absolute atomic E-state index is 12.9. The first kappa shape index (κ1) is 8.17. The molecule has 0 aliphatic heterocycles. The van der Waals surface area contributed by atoms with Crippen LogP contribution in [0.2, 0.25) is 0 Å². The first-order valence-corrected chi connectivity index (χ1v) is 3.34. The molecule has 0 saturated heterocycles. The first-order valence-electron chi connectivity index (χ1n) is 3.34. The molecule has 4 N–H and O–H groups in total. The first-order chi connectivity index (χ1) is 5.02. The van der Waals surface area contributed by atoms with E-state index in [1.165, 1.54) is 6.07 Å². The van der Waals surface area contributed by atoms with Crippen LogP contribution in [0.1, 0.15) is 12.5 Å². The van der Waals surface area contributed by atoms with Crippen LogP contribution in [0.3, 0.4) is 0 Å². The Morgan fingerprint density at radius 2 is 1.82 bits per heavy atom. The van der Waals surface area contributed by atoms with Crippen LogP contribution < -0.4 is 11.5 Å². The zero-order valence-corrected chi connectivity index (χ0v) is 6.34. The lowest BCUT2D eigenvalue weighted by Gasteiger charge is -2.19. The molecular weight excluding hydrogens is 143 g/mol. The summed E-state index contributed by atoms with van der Waals surface area (Å²) in [6.45, 7) is 1.56. The molecule has 0 fully saturated rings. The normalized spacial score (nSPS) is 11.6. The van der Waals surface area contributed by atoms with Crippen LogP contribution in [0, 0.1) is 5.82 Å². The molecule has 60 valence electrons. The Labute approximate surface area is 65.0 Å². The molecule has 1 rings (SSSR count). The molecule has 0 aliphatic rings. The molecule has 3 heteroatoms. The van der Waals surface area contributed by atoms with E-state index in [-0.39, 0.29) is 5.82 Å². The molecule has 0 aliphatic carbocycles. The van der Waals surface area contributed by atoms with E-state index >= 15 is 0 Å². The third-order valence-electron chi connectivity index (χ3n) is 1.45. The molecule has 0 unspecified atom stereocenters. The van der Waals surface area contributed by atoms with Crippen molar-refractivity contribution in [3.8, 4) is 0 Å². The van der Waals surface area contributed by atoms with Gasteiger partial charge in [-0.3, -0.25) is 0 Å². The van der Waals surface area contributed by atoms with Gasteiger partial charge in [0.1, 0.15) is 5.82 Å². The van der Waals surface area contributed by atoms with Crippen molar-refractivity contribution in [1.82, 2.24) is 0 Å². The zero-order chi connectivity index (χ0) is 8.48. The molecule has 1 aromatic rings. The second kappa shape index (κ2) is 2.60. The van der Waals surface area contributed by atoms with Crippen molar-refractivity contribution >= 4 is 0 Å². The van der Waals surface area contributed by atoms with Gasteiger partial charge >= 0.3 is 0 Å². The van der Waals surface area contributed by atoms with E-state index in [9.17, 15) is 4.39 Å². The largest absolute Gasteiger partial charge is 0.310 e. The standard InChI is InChI=1S/C8H11FN2/c1-8(10,11)6-4-2-3-5-7(6)9/h2-5H,10-11H2,1H3. The van der Waals surface area contributed by atoms with E-state index in [0.717, 1.165) is 0 Å². The predicted molar refractivity (Wildman–Crippen MR) is 42.1 cm³/mol. The minimum atomic E-state index is -1.09. The lowest BCUT2D eigenvalue weighted by Crippen LogP contribution is -2.43. The predicted octanol–water partition coefficient (Wildman–Crippen LogP) is 0.916. The minimum Gasteiger partial charge on any atom is -0.310 e. The Hall–Kier alpha value is -0.930. The highest BCUT2D eigenvalue weighted by Gasteiger charge is 2.17. The van der Waals surface area contributed by atoms with Gasteiger partial charge in [0.15, 0.2) is 0 Å². The topological polar surface area (TPSA) is 52.0 Å². The van der Waals surface area contributed by atoms with Crippen molar-refractivity contribution in [2.45, 2.75) is 12.6 Å². The van der Waals surface area contributed by atoms with Gasteiger partial charge in [-0.05, 0) is 13.0 Å². The monoisotopic (exact) mass is 154 g/mol. The number of nitrogens with two attached hydrogens (primary N) is 2. The van der Waals surface area contributed by atoms with Gasteiger partial charge in [0.2, 0.25) is 0 Å².